The Morgan fingerprint density at radius 3 is 2.63 bits per heavy atom. The third kappa shape index (κ3) is 5.38. The molecule has 2 rings (SSSR count). The molecule has 0 amide bonds. The van der Waals surface area contributed by atoms with E-state index in [0.29, 0.717) is 6.04 Å². The van der Waals surface area contributed by atoms with E-state index in [0.717, 1.165) is 30.8 Å². The van der Waals surface area contributed by atoms with Gasteiger partial charge in [0.2, 0.25) is 0 Å². The molecule has 0 unspecified atom stereocenters. The fourth-order valence-corrected chi connectivity index (χ4v) is 3.46. The molecule has 0 saturated carbocycles. The van der Waals surface area contributed by atoms with Crippen LogP contribution in [0.2, 0.25) is 0 Å². The lowest BCUT2D eigenvalue weighted by molar-refractivity contribution is 0.588. The smallest absolute Gasteiger partial charge is 0.118 e. The third-order valence-electron chi connectivity index (χ3n) is 2.79. The third-order valence-corrected chi connectivity index (χ3v) is 4.77. The van der Waals surface area contributed by atoms with Crippen LogP contribution >= 0.6 is 22.7 Å². The lowest BCUT2D eigenvalue weighted by Crippen LogP contribution is -2.24. The predicted octanol–water partition coefficient (Wildman–Crippen LogP) is 3.32. The molecule has 3 nitrogen and oxygen atoms in total. The van der Waals surface area contributed by atoms with Crippen molar-refractivity contribution in [1.29, 1.82) is 0 Å². The number of aromatic nitrogens is 2. The van der Waals surface area contributed by atoms with Crippen LogP contribution < -0.4 is 5.32 Å². The molecule has 2 aromatic heterocycles. The Bertz CT molecular complexity index is 463. The fourth-order valence-electron chi connectivity index (χ4n) is 1.83. The average Bonchev–Trinajstić information content (AvgIpc) is 3.00. The molecule has 0 fully saturated rings. The standard InChI is InChI=1S/C14H21N3S2/c1-11(2)15-9-8-14-17-16-13(19-14)7-3-5-12-6-4-10-18-12/h4,6,10-11,15H,3,5,7-9H2,1-2H3. The van der Waals surface area contributed by atoms with Crippen LogP contribution in [0.3, 0.4) is 0 Å². The van der Waals surface area contributed by atoms with Gasteiger partial charge in [0.05, 0.1) is 0 Å². The van der Waals surface area contributed by atoms with Crippen molar-refractivity contribution in [2.45, 2.75) is 45.6 Å². The van der Waals surface area contributed by atoms with Crippen molar-refractivity contribution in [3.63, 3.8) is 0 Å². The van der Waals surface area contributed by atoms with Crippen LogP contribution in [0.5, 0.6) is 0 Å². The summed E-state index contributed by atoms with van der Waals surface area (Å²) in [6.45, 7) is 5.31. The fraction of sp³-hybridized carbons (Fsp3) is 0.571. The minimum atomic E-state index is 0.540. The van der Waals surface area contributed by atoms with E-state index in [1.54, 1.807) is 11.3 Å². The Morgan fingerprint density at radius 2 is 1.95 bits per heavy atom. The maximum absolute atomic E-state index is 4.28. The highest BCUT2D eigenvalue weighted by Crippen LogP contribution is 2.15. The number of hydrogen-bond donors (Lipinski definition) is 1. The van der Waals surface area contributed by atoms with E-state index in [2.05, 4.69) is 46.9 Å². The quantitative estimate of drug-likeness (QED) is 0.812. The second-order valence-electron chi connectivity index (χ2n) is 4.88. The van der Waals surface area contributed by atoms with Gasteiger partial charge >= 0.3 is 0 Å². The first-order chi connectivity index (χ1) is 9.24. The molecule has 5 heteroatoms. The van der Waals surface area contributed by atoms with Crippen molar-refractivity contribution in [2.24, 2.45) is 0 Å². The SMILES string of the molecule is CC(C)NCCc1nnc(CCCc2cccs2)s1. The van der Waals surface area contributed by atoms with E-state index >= 15 is 0 Å². The Kier molecular flexibility index (Phi) is 5.94. The van der Waals surface area contributed by atoms with Crippen molar-refractivity contribution in [2.75, 3.05) is 6.54 Å². The van der Waals surface area contributed by atoms with Crippen LogP contribution in [-0.2, 0) is 19.3 Å². The van der Waals surface area contributed by atoms with Gasteiger partial charge in [0, 0.05) is 30.3 Å². The van der Waals surface area contributed by atoms with Crippen LogP contribution in [0.15, 0.2) is 17.5 Å². The summed E-state index contributed by atoms with van der Waals surface area (Å²) in [5.41, 5.74) is 0. The average molecular weight is 295 g/mol. The molecule has 104 valence electrons. The van der Waals surface area contributed by atoms with Gasteiger partial charge in [0.15, 0.2) is 0 Å². The van der Waals surface area contributed by atoms with Gasteiger partial charge in [0.25, 0.3) is 0 Å². The van der Waals surface area contributed by atoms with Crippen molar-refractivity contribution in [3.8, 4) is 0 Å². The molecule has 0 bridgehead atoms. The van der Waals surface area contributed by atoms with Crippen LogP contribution in [0.4, 0.5) is 0 Å². The molecule has 19 heavy (non-hydrogen) atoms. The summed E-state index contributed by atoms with van der Waals surface area (Å²) in [6, 6.07) is 4.86. The first kappa shape index (κ1) is 14.6. The highest BCUT2D eigenvalue weighted by atomic mass is 32.1. The van der Waals surface area contributed by atoms with Crippen LogP contribution in [-0.4, -0.2) is 22.8 Å². The first-order valence-electron chi connectivity index (χ1n) is 6.81. The minimum absolute atomic E-state index is 0.540. The van der Waals surface area contributed by atoms with Gasteiger partial charge in [-0.05, 0) is 24.3 Å². The molecule has 2 heterocycles. The summed E-state index contributed by atoms with van der Waals surface area (Å²) < 4.78 is 0. The number of hydrogen-bond acceptors (Lipinski definition) is 5. The van der Waals surface area contributed by atoms with Gasteiger partial charge in [-0.1, -0.05) is 19.9 Å². The summed E-state index contributed by atoms with van der Waals surface area (Å²) in [7, 11) is 0. The number of thiophene rings is 1. The molecule has 0 aliphatic heterocycles. The van der Waals surface area contributed by atoms with E-state index in [1.165, 1.54) is 16.3 Å². The van der Waals surface area contributed by atoms with Crippen molar-refractivity contribution >= 4 is 22.7 Å². The summed E-state index contributed by atoms with van der Waals surface area (Å²) in [5.74, 6) is 0. The lowest BCUT2D eigenvalue weighted by atomic mass is 10.2. The van der Waals surface area contributed by atoms with Gasteiger partial charge in [0.1, 0.15) is 10.0 Å². The normalized spacial score (nSPS) is 11.3. The van der Waals surface area contributed by atoms with Gasteiger partial charge in [-0.2, -0.15) is 0 Å². The molecule has 0 saturated heterocycles. The summed E-state index contributed by atoms with van der Waals surface area (Å²) >= 11 is 3.60. The Hall–Kier alpha value is -0.780. The molecular weight excluding hydrogens is 274 g/mol. The Labute approximate surface area is 123 Å². The van der Waals surface area contributed by atoms with Crippen LogP contribution in [0.25, 0.3) is 0 Å². The minimum Gasteiger partial charge on any atom is -0.314 e. The zero-order valence-corrected chi connectivity index (χ0v) is 13.2. The Morgan fingerprint density at radius 1 is 1.16 bits per heavy atom. The van der Waals surface area contributed by atoms with Crippen LogP contribution in [0.1, 0.15) is 35.2 Å². The predicted molar refractivity (Wildman–Crippen MR) is 83.1 cm³/mol. The van der Waals surface area contributed by atoms with Gasteiger partial charge in [-0.3, -0.25) is 0 Å². The second-order valence-corrected chi connectivity index (χ2v) is 7.06. The monoisotopic (exact) mass is 295 g/mol. The molecule has 0 aromatic carbocycles. The molecule has 0 aliphatic carbocycles. The molecule has 1 N–H and O–H groups in total. The lowest BCUT2D eigenvalue weighted by Gasteiger charge is -2.05. The molecule has 0 aliphatic rings. The van der Waals surface area contributed by atoms with Crippen molar-refractivity contribution < 1.29 is 0 Å². The molecule has 0 spiro atoms. The van der Waals surface area contributed by atoms with Crippen molar-refractivity contribution in [3.05, 3.63) is 32.4 Å². The molecule has 0 atom stereocenters. The number of nitrogens with zero attached hydrogens (tertiary/aromatic N) is 2. The second kappa shape index (κ2) is 7.72. The van der Waals surface area contributed by atoms with E-state index in [9.17, 15) is 0 Å². The van der Waals surface area contributed by atoms with Gasteiger partial charge in [-0.15, -0.1) is 32.9 Å². The maximum atomic E-state index is 4.28. The van der Waals surface area contributed by atoms with Gasteiger partial charge in [-0.25, -0.2) is 0 Å². The largest absolute Gasteiger partial charge is 0.314 e. The summed E-state index contributed by atoms with van der Waals surface area (Å²) in [4.78, 5) is 1.46. The van der Waals surface area contributed by atoms with Crippen molar-refractivity contribution in [1.82, 2.24) is 15.5 Å². The van der Waals surface area contributed by atoms with Crippen LogP contribution in [0, 0.1) is 0 Å². The topological polar surface area (TPSA) is 37.8 Å². The molecule has 2 aromatic rings. The highest BCUT2D eigenvalue weighted by Gasteiger charge is 2.05. The first-order valence-corrected chi connectivity index (χ1v) is 8.50. The van der Waals surface area contributed by atoms with Gasteiger partial charge < -0.3 is 5.32 Å². The van der Waals surface area contributed by atoms with E-state index in [-0.39, 0.29) is 0 Å². The number of aryl methyl sites for hydroxylation is 2. The number of rotatable bonds is 8. The van der Waals surface area contributed by atoms with E-state index in [4.69, 9.17) is 0 Å². The zero-order valence-electron chi connectivity index (χ0n) is 11.6. The summed E-state index contributed by atoms with van der Waals surface area (Å²) in [5, 5.41) is 16.4. The summed E-state index contributed by atoms with van der Waals surface area (Å²) in [6.07, 6.45) is 4.36. The maximum Gasteiger partial charge on any atom is 0.118 e. The van der Waals surface area contributed by atoms with E-state index < -0.39 is 0 Å². The molecular formula is C14H21N3S2. The Balaban J connectivity index is 1.68. The number of nitrogens with one attached hydrogen (secondary N) is 1. The molecule has 0 radical (unpaired) electrons. The highest BCUT2D eigenvalue weighted by molar-refractivity contribution is 7.11. The van der Waals surface area contributed by atoms with E-state index in [1.807, 2.05) is 11.3 Å². The zero-order chi connectivity index (χ0) is 13.5.